The van der Waals surface area contributed by atoms with Gasteiger partial charge in [0.25, 0.3) is 11.5 Å². The Bertz CT molecular complexity index is 1130. The molecule has 1 amide bonds. The van der Waals surface area contributed by atoms with Crippen LogP contribution in [0.15, 0.2) is 47.3 Å². The summed E-state index contributed by atoms with van der Waals surface area (Å²) in [5, 5.41) is 2.99. The van der Waals surface area contributed by atoms with Crippen LogP contribution in [-0.4, -0.2) is 27.8 Å². The molecule has 0 saturated carbocycles. The van der Waals surface area contributed by atoms with Crippen molar-refractivity contribution >= 4 is 40.7 Å². The molecular weight excluding hydrogens is 405 g/mol. The van der Waals surface area contributed by atoms with Gasteiger partial charge in [-0.2, -0.15) is 0 Å². The summed E-state index contributed by atoms with van der Waals surface area (Å²) in [5.41, 5.74) is 1.54. The molecule has 28 heavy (non-hydrogen) atoms. The van der Waals surface area contributed by atoms with Gasteiger partial charge in [0.15, 0.2) is 0 Å². The summed E-state index contributed by atoms with van der Waals surface area (Å²) in [6.07, 6.45) is 0. The minimum Gasteiger partial charge on any atom is -0.458 e. The fourth-order valence-corrected chi connectivity index (χ4v) is 2.83. The molecule has 0 unspecified atom stereocenters. The van der Waals surface area contributed by atoms with Crippen molar-refractivity contribution in [3.8, 4) is 0 Å². The van der Waals surface area contributed by atoms with Crippen LogP contribution in [0, 0.1) is 6.92 Å². The Balaban J connectivity index is 1.58. The summed E-state index contributed by atoms with van der Waals surface area (Å²) < 4.78 is 6.54. The van der Waals surface area contributed by atoms with Gasteiger partial charge in [0, 0.05) is 17.3 Å². The average Bonchev–Trinajstić information content (AvgIpc) is 2.66. The highest BCUT2D eigenvalue weighted by atomic mass is 35.5. The molecule has 3 aromatic rings. The number of ether oxygens (including phenoxy) is 1. The number of carbonyl (C=O) groups is 2. The number of fused-ring (bicyclic) bond motifs is 1. The minimum absolute atomic E-state index is 0.179. The van der Waals surface area contributed by atoms with Crippen LogP contribution in [0.3, 0.4) is 0 Å². The number of carbonyl (C=O) groups excluding carboxylic acids is 2. The van der Waals surface area contributed by atoms with Gasteiger partial charge in [-0.1, -0.05) is 29.3 Å². The second-order valence-corrected chi connectivity index (χ2v) is 6.73. The molecule has 2 aromatic heterocycles. The van der Waals surface area contributed by atoms with E-state index in [2.05, 4.69) is 10.3 Å². The fourth-order valence-electron chi connectivity index (χ4n) is 2.53. The normalized spacial score (nSPS) is 10.7. The van der Waals surface area contributed by atoms with E-state index >= 15 is 0 Å². The number of benzene rings is 1. The van der Waals surface area contributed by atoms with Crippen molar-refractivity contribution in [2.45, 2.75) is 13.5 Å². The standard InChI is InChI=1S/C19H15Cl2N3O4/c1-11-3-2-4-16-23-13(8-17(25)24(11)16)10-28-18(26)9-22-19(27)12-5-6-14(20)15(21)7-12/h2-8H,9-10H2,1H3,(H,22,27). The van der Waals surface area contributed by atoms with Crippen LogP contribution in [0.4, 0.5) is 0 Å². The van der Waals surface area contributed by atoms with Crippen molar-refractivity contribution in [3.05, 3.63) is 79.8 Å². The zero-order valence-electron chi connectivity index (χ0n) is 14.7. The first-order valence-corrected chi connectivity index (χ1v) is 8.98. The topological polar surface area (TPSA) is 89.8 Å². The van der Waals surface area contributed by atoms with Crippen molar-refractivity contribution in [3.63, 3.8) is 0 Å². The Kier molecular flexibility index (Phi) is 5.96. The van der Waals surface area contributed by atoms with Crippen LogP contribution in [0.2, 0.25) is 10.0 Å². The predicted molar refractivity (Wildman–Crippen MR) is 105 cm³/mol. The average molecular weight is 420 g/mol. The van der Waals surface area contributed by atoms with Gasteiger partial charge in [-0.15, -0.1) is 0 Å². The Labute approximate surface area is 169 Å². The summed E-state index contributed by atoms with van der Waals surface area (Å²) >= 11 is 11.7. The second-order valence-electron chi connectivity index (χ2n) is 5.92. The summed E-state index contributed by atoms with van der Waals surface area (Å²) in [5.74, 6) is -1.16. The Morgan fingerprint density at radius 2 is 1.93 bits per heavy atom. The molecule has 1 N–H and O–H groups in total. The molecule has 0 saturated heterocycles. The van der Waals surface area contributed by atoms with Crippen molar-refractivity contribution in [2.75, 3.05) is 6.54 Å². The van der Waals surface area contributed by atoms with Gasteiger partial charge in [-0.25, -0.2) is 4.98 Å². The van der Waals surface area contributed by atoms with Crippen molar-refractivity contribution in [1.82, 2.24) is 14.7 Å². The zero-order valence-corrected chi connectivity index (χ0v) is 16.3. The largest absolute Gasteiger partial charge is 0.458 e. The van der Waals surface area contributed by atoms with Gasteiger partial charge >= 0.3 is 5.97 Å². The third-order valence-corrected chi connectivity index (χ3v) is 4.63. The first kappa shape index (κ1) is 19.9. The Morgan fingerprint density at radius 3 is 2.68 bits per heavy atom. The van der Waals surface area contributed by atoms with Gasteiger partial charge in [0.05, 0.1) is 15.7 Å². The van der Waals surface area contributed by atoms with E-state index in [1.807, 2.05) is 0 Å². The molecule has 144 valence electrons. The number of nitrogens with one attached hydrogen (secondary N) is 1. The number of hydrogen-bond acceptors (Lipinski definition) is 5. The fraction of sp³-hybridized carbons (Fsp3) is 0.158. The van der Waals surface area contributed by atoms with Gasteiger partial charge in [0.2, 0.25) is 0 Å². The van der Waals surface area contributed by atoms with Crippen LogP contribution in [0.1, 0.15) is 21.7 Å². The van der Waals surface area contributed by atoms with Crippen molar-refractivity contribution < 1.29 is 14.3 Å². The molecule has 0 aliphatic rings. The zero-order chi connectivity index (χ0) is 20.3. The number of halogens is 2. The molecule has 2 heterocycles. The second kappa shape index (κ2) is 8.41. The van der Waals surface area contributed by atoms with Crippen LogP contribution in [0.25, 0.3) is 5.65 Å². The molecule has 0 bridgehead atoms. The molecule has 0 spiro atoms. The molecule has 9 heteroatoms. The van der Waals surface area contributed by atoms with Crippen LogP contribution in [0.5, 0.6) is 0 Å². The van der Waals surface area contributed by atoms with E-state index < -0.39 is 11.9 Å². The molecule has 0 radical (unpaired) electrons. The molecule has 0 atom stereocenters. The lowest BCUT2D eigenvalue weighted by Gasteiger charge is -2.08. The van der Waals surface area contributed by atoms with E-state index in [1.54, 1.807) is 25.1 Å². The molecule has 0 fully saturated rings. The SMILES string of the molecule is Cc1cccc2nc(COC(=O)CNC(=O)c3ccc(Cl)c(Cl)c3)cc(=O)n12. The summed E-state index contributed by atoms with van der Waals surface area (Å²) in [6, 6.07) is 11.0. The lowest BCUT2D eigenvalue weighted by Crippen LogP contribution is -2.30. The van der Waals surface area contributed by atoms with Crippen LogP contribution in [-0.2, 0) is 16.1 Å². The summed E-state index contributed by atoms with van der Waals surface area (Å²) in [6.45, 7) is 1.28. The maximum absolute atomic E-state index is 12.2. The van der Waals surface area contributed by atoms with Gasteiger partial charge in [-0.3, -0.25) is 18.8 Å². The number of nitrogens with zero attached hydrogens (tertiary/aromatic N) is 2. The molecular formula is C19H15Cl2N3O4. The first-order chi connectivity index (χ1) is 13.3. The summed E-state index contributed by atoms with van der Waals surface area (Å²) in [4.78, 5) is 40.4. The minimum atomic E-state index is -0.667. The third kappa shape index (κ3) is 4.49. The quantitative estimate of drug-likeness (QED) is 0.642. The first-order valence-electron chi connectivity index (χ1n) is 8.22. The number of pyridine rings is 1. The molecule has 0 aliphatic carbocycles. The Morgan fingerprint density at radius 1 is 1.14 bits per heavy atom. The van der Waals surface area contributed by atoms with Crippen LogP contribution < -0.4 is 10.9 Å². The van der Waals surface area contributed by atoms with E-state index in [4.69, 9.17) is 27.9 Å². The number of aromatic nitrogens is 2. The lowest BCUT2D eigenvalue weighted by molar-refractivity contribution is -0.143. The highest BCUT2D eigenvalue weighted by Gasteiger charge is 2.12. The molecule has 0 aliphatic heterocycles. The van der Waals surface area contributed by atoms with E-state index in [0.29, 0.717) is 16.4 Å². The van der Waals surface area contributed by atoms with Gasteiger partial charge in [0.1, 0.15) is 18.8 Å². The number of amides is 1. The third-order valence-electron chi connectivity index (χ3n) is 3.89. The van der Waals surface area contributed by atoms with E-state index in [-0.39, 0.29) is 29.3 Å². The highest BCUT2D eigenvalue weighted by Crippen LogP contribution is 2.22. The molecule has 7 nitrogen and oxygen atoms in total. The highest BCUT2D eigenvalue weighted by molar-refractivity contribution is 6.42. The molecule has 1 aromatic carbocycles. The van der Waals surface area contributed by atoms with Gasteiger partial charge < -0.3 is 10.1 Å². The van der Waals surface area contributed by atoms with E-state index in [9.17, 15) is 14.4 Å². The smallest absolute Gasteiger partial charge is 0.325 e. The van der Waals surface area contributed by atoms with E-state index in [0.717, 1.165) is 5.69 Å². The number of esters is 1. The van der Waals surface area contributed by atoms with Crippen molar-refractivity contribution in [1.29, 1.82) is 0 Å². The Hall–Kier alpha value is -2.90. The van der Waals surface area contributed by atoms with Crippen LogP contribution >= 0.6 is 23.2 Å². The van der Waals surface area contributed by atoms with E-state index in [1.165, 1.54) is 28.7 Å². The maximum Gasteiger partial charge on any atom is 0.325 e. The van der Waals surface area contributed by atoms with Crippen molar-refractivity contribution in [2.24, 2.45) is 0 Å². The predicted octanol–water partition coefficient (Wildman–Crippen LogP) is 2.78. The molecule has 3 rings (SSSR count). The number of hydrogen-bond donors (Lipinski definition) is 1. The number of rotatable bonds is 5. The maximum atomic E-state index is 12.2. The lowest BCUT2D eigenvalue weighted by atomic mass is 10.2. The number of aryl methyl sites for hydroxylation is 1. The summed E-state index contributed by atoms with van der Waals surface area (Å²) in [7, 11) is 0. The van der Waals surface area contributed by atoms with Gasteiger partial charge in [-0.05, 0) is 37.3 Å². The monoisotopic (exact) mass is 419 g/mol.